The van der Waals surface area contributed by atoms with Crippen LogP contribution in [0, 0.1) is 11.3 Å². The summed E-state index contributed by atoms with van der Waals surface area (Å²) in [6.45, 7) is 4.81. The molecule has 0 bridgehead atoms. The average molecular weight is 390 g/mol. The summed E-state index contributed by atoms with van der Waals surface area (Å²) < 4.78 is 13.9. The van der Waals surface area contributed by atoms with Gasteiger partial charge < -0.3 is 9.47 Å². The number of hydrogen-bond acceptors (Lipinski definition) is 6. The molecule has 1 unspecified atom stereocenters. The monoisotopic (exact) mass is 390 g/mol. The zero-order chi connectivity index (χ0) is 19.3. The Morgan fingerprint density at radius 3 is 2.71 bits per heavy atom. The van der Waals surface area contributed by atoms with E-state index >= 15 is 0 Å². The molecule has 0 N–H and O–H groups in total. The van der Waals surface area contributed by atoms with Gasteiger partial charge >= 0.3 is 0 Å². The molecule has 2 heterocycles. The molecule has 0 radical (unpaired) electrons. The topological polar surface area (TPSA) is 73.0 Å². The van der Waals surface area contributed by atoms with Crippen molar-refractivity contribution in [3.63, 3.8) is 0 Å². The van der Waals surface area contributed by atoms with E-state index in [0.717, 1.165) is 28.0 Å². The first-order chi connectivity index (χ1) is 13.8. The van der Waals surface area contributed by atoms with Gasteiger partial charge in [0, 0.05) is 12.3 Å². The van der Waals surface area contributed by atoms with Gasteiger partial charge in [-0.2, -0.15) is 5.26 Å². The minimum absolute atomic E-state index is 0.327. The fraction of sp³-hybridized carbons (Fsp3) is 0.190. The molecular weight excluding hydrogens is 372 g/mol. The van der Waals surface area contributed by atoms with Crippen molar-refractivity contribution in [1.82, 2.24) is 14.8 Å². The van der Waals surface area contributed by atoms with Crippen LogP contribution in [0.5, 0.6) is 11.5 Å². The molecule has 7 heteroatoms. The van der Waals surface area contributed by atoms with E-state index in [1.54, 1.807) is 11.8 Å². The lowest BCUT2D eigenvalue weighted by molar-refractivity contribution is 0.0821. The quantitative estimate of drug-likeness (QED) is 0.465. The van der Waals surface area contributed by atoms with Crippen LogP contribution in [-0.2, 0) is 12.3 Å². The third-order valence-corrected chi connectivity index (χ3v) is 5.34. The van der Waals surface area contributed by atoms with E-state index in [1.165, 1.54) is 0 Å². The highest BCUT2D eigenvalue weighted by Crippen LogP contribution is 2.36. The van der Waals surface area contributed by atoms with Gasteiger partial charge in [0.15, 0.2) is 28.6 Å². The van der Waals surface area contributed by atoms with Crippen LogP contribution in [0.25, 0.3) is 0 Å². The normalized spacial score (nSPS) is 15.0. The molecule has 4 rings (SSSR count). The summed E-state index contributed by atoms with van der Waals surface area (Å²) in [5.41, 5.74) is 1.77. The molecule has 1 aromatic heterocycles. The van der Waals surface area contributed by atoms with Gasteiger partial charge in [0.1, 0.15) is 6.61 Å². The van der Waals surface area contributed by atoms with Crippen molar-refractivity contribution in [2.24, 2.45) is 0 Å². The van der Waals surface area contributed by atoms with Crippen LogP contribution < -0.4 is 9.47 Å². The zero-order valence-corrected chi connectivity index (χ0v) is 15.9. The molecule has 3 aromatic rings. The molecule has 0 fully saturated rings. The second kappa shape index (κ2) is 8.19. The van der Waals surface area contributed by atoms with Crippen molar-refractivity contribution < 1.29 is 9.47 Å². The van der Waals surface area contributed by atoms with E-state index in [0.29, 0.717) is 24.5 Å². The number of nitriles is 1. The first-order valence-electron chi connectivity index (χ1n) is 8.83. The fourth-order valence-corrected chi connectivity index (χ4v) is 3.83. The predicted molar refractivity (Wildman–Crippen MR) is 106 cm³/mol. The van der Waals surface area contributed by atoms with Crippen LogP contribution in [0.1, 0.15) is 23.1 Å². The number of allylic oxidation sites excluding steroid dienone is 1. The highest BCUT2D eigenvalue weighted by atomic mass is 32.2. The Hall–Kier alpha value is -3.24. The molecule has 0 spiro atoms. The standard InChI is InChI=1S/C21H18N4O2S/c1-2-11-25-20(19-13-26-17-5-3-4-6-18(17)27-19)23-24-21(25)28-14-16-9-7-15(12-22)8-10-16/h2-10,19H,1,11,13-14H2. The maximum atomic E-state index is 8.91. The molecular formula is C21H18N4O2S. The Labute approximate surface area is 167 Å². The number of ether oxygens (including phenoxy) is 2. The first kappa shape index (κ1) is 18.1. The van der Waals surface area contributed by atoms with Crippen LogP contribution in [0.3, 0.4) is 0 Å². The molecule has 1 aliphatic rings. The van der Waals surface area contributed by atoms with Crippen LogP contribution in [0.4, 0.5) is 0 Å². The predicted octanol–water partition coefficient (Wildman–Crippen LogP) is 4.14. The summed E-state index contributed by atoms with van der Waals surface area (Å²) in [4.78, 5) is 0. The van der Waals surface area contributed by atoms with Crippen LogP contribution in [-0.4, -0.2) is 21.4 Å². The minimum atomic E-state index is -0.327. The van der Waals surface area contributed by atoms with Crippen molar-refractivity contribution in [3.05, 3.63) is 78.1 Å². The number of rotatable bonds is 6. The van der Waals surface area contributed by atoms with Gasteiger partial charge in [0.05, 0.1) is 11.6 Å². The van der Waals surface area contributed by atoms with Crippen LogP contribution in [0.2, 0.25) is 0 Å². The van der Waals surface area contributed by atoms with Crippen molar-refractivity contribution in [2.45, 2.75) is 23.6 Å². The van der Waals surface area contributed by atoms with E-state index in [4.69, 9.17) is 14.7 Å². The molecule has 28 heavy (non-hydrogen) atoms. The molecule has 6 nitrogen and oxygen atoms in total. The highest BCUT2D eigenvalue weighted by Gasteiger charge is 2.28. The fourth-order valence-electron chi connectivity index (χ4n) is 2.92. The maximum absolute atomic E-state index is 8.91. The van der Waals surface area contributed by atoms with Gasteiger partial charge in [-0.15, -0.1) is 16.8 Å². The third kappa shape index (κ3) is 3.73. The number of thioether (sulfide) groups is 1. The summed E-state index contributed by atoms with van der Waals surface area (Å²) in [5.74, 6) is 2.89. The molecule has 1 atom stereocenters. The summed E-state index contributed by atoms with van der Waals surface area (Å²) in [6, 6.07) is 17.3. The van der Waals surface area contributed by atoms with E-state index in [2.05, 4.69) is 22.8 Å². The number of hydrogen-bond donors (Lipinski definition) is 0. The number of nitrogens with zero attached hydrogens (tertiary/aromatic N) is 4. The molecule has 0 aliphatic carbocycles. The van der Waals surface area contributed by atoms with Gasteiger partial charge in [-0.25, -0.2) is 0 Å². The first-order valence-corrected chi connectivity index (χ1v) is 9.81. The lowest BCUT2D eigenvalue weighted by Gasteiger charge is -2.26. The van der Waals surface area contributed by atoms with E-state index in [1.807, 2.05) is 59.2 Å². The Bertz CT molecular complexity index is 1020. The molecule has 0 amide bonds. The zero-order valence-electron chi connectivity index (χ0n) is 15.1. The number of benzene rings is 2. The lowest BCUT2D eigenvalue weighted by Crippen LogP contribution is -2.25. The van der Waals surface area contributed by atoms with Crippen molar-refractivity contribution in [3.8, 4) is 17.6 Å². The maximum Gasteiger partial charge on any atom is 0.192 e. The lowest BCUT2D eigenvalue weighted by atomic mass is 10.2. The average Bonchev–Trinajstić information content (AvgIpc) is 3.15. The smallest absolute Gasteiger partial charge is 0.192 e. The van der Waals surface area contributed by atoms with Crippen molar-refractivity contribution in [2.75, 3.05) is 6.61 Å². The largest absolute Gasteiger partial charge is 0.485 e. The molecule has 140 valence electrons. The Morgan fingerprint density at radius 1 is 1.18 bits per heavy atom. The third-order valence-electron chi connectivity index (χ3n) is 4.30. The number of fused-ring (bicyclic) bond motifs is 1. The van der Waals surface area contributed by atoms with Crippen LogP contribution >= 0.6 is 11.8 Å². The summed E-state index contributed by atoms with van der Waals surface area (Å²) in [6.07, 6.45) is 1.49. The highest BCUT2D eigenvalue weighted by molar-refractivity contribution is 7.98. The van der Waals surface area contributed by atoms with Crippen molar-refractivity contribution >= 4 is 11.8 Å². The van der Waals surface area contributed by atoms with Gasteiger partial charge in [-0.1, -0.05) is 42.1 Å². The molecule has 0 saturated carbocycles. The Balaban J connectivity index is 1.52. The van der Waals surface area contributed by atoms with Gasteiger partial charge in [0.25, 0.3) is 0 Å². The minimum Gasteiger partial charge on any atom is -0.485 e. The number of aromatic nitrogens is 3. The van der Waals surface area contributed by atoms with Crippen molar-refractivity contribution in [1.29, 1.82) is 5.26 Å². The molecule has 1 aliphatic heterocycles. The SMILES string of the molecule is C=CCn1c(SCc2ccc(C#N)cc2)nnc1C1COc2ccccc2O1. The summed E-state index contributed by atoms with van der Waals surface area (Å²) >= 11 is 1.59. The second-order valence-corrected chi connectivity index (χ2v) is 7.14. The summed E-state index contributed by atoms with van der Waals surface area (Å²) in [5, 5.41) is 18.4. The molecule has 0 saturated heterocycles. The second-order valence-electron chi connectivity index (χ2n) is 6.20. The number of para-hydroxylation sites is 2. The van der Waals surface area contributed by atoms with Gasteiger partial charge in [-0.3, -0.25) is 4.57 Å². The summed E-state index contributed by atoms with van der Waals surface area (Å²) in [7, 11) is 0. The van der Waals surface area contributed by atoms with Gasteiger partial charge in [0.2, 0.25) is 0 Å². The van der Waals surface area contributed by atoms with E-state index in [-0.39, 0.29) is 6.10 Å². The van der Waals surface area contributed by atoms with E-state index in [9.17, 15) is 0 Å². The Kier molecular flexibility index (Phi) is 5.31. The van der Waals surface area contributed by atoms with Gasteiger partial charge in [-0.05, 0) is 29.8 Å². The Morgan fingerprint density at radius 2 is 1.96 bits per heavy atom. The van der Waals surface area contributed by atoms with E-state index < -0.39 is 0 Å². The molecule has 2 aromatic carbocycles. The van der Waals surface area contributed by atoms with Crippen LogP contribution in [0.15, 0.2) is 66.3 Å².